The van der Waals surface area contributed by atoms with Gasteiger partial charge in [-0.2, -0.15) is 0 Å². The molecule has 1 aromatic rings. The first-order chi connectivity index (χ1) is 22.3. The lowest BCUT2D eigenvalue weighted by molar-refractivity contribution is -0.146. The number of primary amides is 1. The minimum Gasteiger partial charge on any atom is -0.480 e. The molecule has 1 aliphatic rings. The molecule has 1 aromatic carbocycles. The second-order valence-corrected chi connectivity index (χ2v) is 13.2. The van der Waals surface area contributed by atoms with Gasteiger partial charge >= 0.3 is 13.8 Å². The largest absolute Gasteiger partial charge is 0.524 e. The highest BCUT2D eigenvalue weighted by Gasteiger charge is 2.40. The third-order valence-electron chi connectivity index (χ3n) is 7.46. The van der Waals surface area contributed by atoms with E-state index in [0.717, 1.165) is 6.92 Å². The lowest BCUT2D eigenvalue weighted by Crippen LogP contribution is -2.59. The Morgan fingerprint density at radius 1 is 1.00 bits per heavy atom. The molecular weight excluding hydrogens is 655 g/mol. The van der Waals surface area contributed by atoms with Gasteiger partial charge in [-0.15, -0.1) is 0 Å². The number of nitrogens with two attached hydrogens (primary N) is 2. The summed E-state index contributed by atoms with van der Waals surface area (Å²) in [5, 5.41) is 26.4. The smallest absolute Gasteiger partial charge is 0.480 e. The molecule has 5 amide bonds. The topological polar surface area (TPSA) is 301 Å². The predicted molar refractivity (Wildman–Crippen MR) is 169 cm³/mol. The molecule has 0 unspecified atom stereocenters. The number of phosphoric acid groups is 1. The van der Waals surface area contributed by atoms with Crippen LogP contribution >= 0.6 is 7.82 Å². The Kier molecular flexibility index (Phi) is 14.9. The normalized spacial score (nSPS) is 17.8. The summed E-state index contributed by atoms with van der Waals surface area (Å²) in [5.41, 5.74) is 11.9. The maximum Gasteiger partial charge on any atom is 0.524 e. The van der Waals surface area contributed by atoms with Crippen LogP contribution in [0.2, 0.25) is 0 Å². The molecule has 1 heterocycles. The van der Waals surface area contributed by atoms with Crippen LogP contribution in [0.4, 0.5) is 0 Å². The Labute approximate surface area is 277 Å². The number of aliphatic hydroxyl groups is 1. The summed E-state index contributed by atoms with van der Waals surface area (Å²) in [6.07, 6.45) is -1.21. The zero-order valence-corrected chi connectivity index (χ0v) is 27.8. The standard InChI is InChI=1S/C29H45N6O12P/c1-15(2)13-21(33-25(38)19(30)14-17-6-8-18(9-7-17)47-48(44,45)46)28(41)35-12-4-5-22(35)27(40)32-20(10-11-23(31)37)26(39)34-24(16(3)36)29(42)43/h6-9,15-16,19-22,24,36H,4-5,10-14,30H2,1-3H3,(H2,31,37)(H,32,40)(H,33,38)(H,34,39)(H,42,43)(H2,44,45,46)/t16-,19+,20+,21+,22+,24+/m1/s1. The van der Waals surface area contributed by atoms with Gasteiger partial charge in [-0.1, -0.05) is 26.0 Å². The van der Waals surface area contributed by atoms with Gasteiger partial charge in [0.1, 0.15) is 23.9 Å². The van der Waals surface area contributed by atoms with Crippen molar-refractivity contribution in [3.8, 4) is 5.75 Å². The number of rotatable bonds is 18. The molecule has 19 heteroatoms. The van der Waals surface area contributed by atoms with Gasteiger partial charge in [-0.05, 0) is 62.6 Å². The maximum absolute atomic E-state index is 13.8. The van der Waals surface area contributed by atoms with Gasteiger partial charge in [0, 0.05) is 13.0 Å². The summed E-state index contributed by atoms with van der Waals surface area (Å²) in [4.78, 5) is 95.3. The second kappa shape index (κ2) is 17.9. The number of amides is 5. The van der Waals surface area contributed by atoms with Crippen molar-refractivity contribution in [2.45, 2.75) is 95.6 Å². The average molecular weight is 701 g/mol. The Morgan fingerprint density at radius 3 is 2.15 bits per heavy atom. The summed E-state index contributed by atoms with van der Waals surface area (Å²) in [5.74, 6) is -5.37. The van der Waals surface area contributed by atoms with Crippen LogP contribution in [0.15, 0.2) is 24.3 Å². The molecule has 6 atom stereocenters. The molecule has 18 nitrogen and oxygen atoms in total. The molecule has 0 radical (unpaired) electrons. The van der Waals surface area contributed by atoms with E-state index in [0.29, 0.717) is 12.0 Å². The number of carbonyl (C=O) groups is 6. The van der Waals surface area contributed by atoms with E-state index in [1.54, 1.807) is 0 Å². The lowest BCUT2D eigenvalue weighted by Gasteiger charge is -2.31. The van der Waals surface area contributed by atoms with Crippen molar-refractivity contribution in [2.75, 3.05) is 6.54 Å². The fourth-order valence-corrected chi connectivity index (χ4v) is 5.51. The number of hydrogen-bond donors (Lipinski definition) is 9. The second-order valence-electron chi connectivity index (χ2n) is 12.0. The van der Waals surface area contributed by atoms with Crippen LogP contribution in [0.5, 0.6) is 5.75 Å². The van der Waals surface area contributed by atoms with Crippen LogP contribution in [0, 0.1) is 5.92 Å². The summed E-state index contributed by atoms with van der Waals surface area (Å²) in [6.45, 7) is 4.99. The van der Waals surface area contributed by atoms with E-state index in [4.69, 9.17) is 21.3 Å². The maximum atomic E-state index is 13.8. The molecule has 1 aliphatic heterocycles. The number of nitrogens with zero attached hydrogens (tertiary/aromatic N) is 1. The molecule has 0 saturated carbocycles. The Bertz CT molecular complexity index is 1370. The average Bonchev–Trinajstić information content (AvgIpc) is 3.47. The van der Waals surface area contributed by atoms with E-state index in [1.807, 2.05) is 13.8 Å². The molecule has 1 saturated heterocycles. The van der Waals surface area contributed by atoms with Crippen molar-refractivity contribution < 1.29 is 57.9 Å². The minimum atomic E-state index is -4.75. The quantitative estimate of drug-likeness (QED) is 0.0769. The third kappa shape index (κ3) is 12.8. The number of aliphatic carboxylic acids is 1. The first-order valence-corrected chi connectivity index (χ1v) is 16.8. The molecule has 11 N–H and O–H groups in total. The Balaban J connectivity index is 2.16. The minimum absolute atomic E-state index is 0.0198. The number of carbonyl (C=O) groups excluding carboxylic acids is 5. The monoisotopic (exact) mass is 700 g/mol. The van der Waals surface area contributed by atoms with Crippen LogP contribution in [0.1, 0.15) is 58.4 Å². The van der Waals surface area contributed by atoms with E-state index in [2.05, 4.69) is 20.5 Å². The van der Waals surface area contributed by atoms with E-state index in [9.17, 15) is 43.5 Å². The van der Waals surface area contributed by atoms with Gasteiger partial charge in [-0.3, -0.25) is 33.8 Å². The highest BCUT2D eigenvalue weighted by molar-refractivity contribution is 7.46. The number of phosphoric ester groups is 1. The van der Waals surface area contributed by atoms with Crippen molar-refractivity contribution in [3.05, 3.63) is 29.8 Å². The number of aliphatic hydroxyl groups excluding tert-OH is 1. The van der Waals surface area contributed by atoms with Crippen LogP contribution in [0.3, 0.4) is 0 Å². The van der Waals surface area contributed by atoms with Crippen molar-refractivity contribution in [1.82, 2.24) is 20.9 Å². The molecule has 0 spiro atoms. The van der Waals surface area contributed by atoms with Gasteiger partial charge < -0.3 is 47.1 Å². The molecule has 268 valence electrons. The summed E-state index contributed by atoms with van der Waals surface area (Å²) in [6, 6.07) is -0.760. The van der Waals surface area contributed by atoms with Crippen molar-refractivity contribution in [3.63, 3.8) is 0 Å². The number of likely N-dealkylation sites (tertiary alicyclic amines) is 1. The van der Waals surface area contributed by atoms with Crippen LogP contribution in [0.25, 0.3) is 0 Å². The van der Waals surface area contributed by atoms with Gasteiger partial charge in [-0.25, -0.2) is 9.36 Å². The first-order valence-electron chi connectivity index (χ1n) is 15.3. The molecule has 1 fully saturated rings. The molecule has 0 aliphatic carbocycles. The van der Waals surface area contributed by atoms with E-state index < -0.39 is 79.6 Å². The van der Waals surface area contributed by atoms with Crippen LogP contribution < -0.4 is 31.9 Å². The summed E-state index contributed by atoms with van der Waals surface area (Å²) in [7, 11) is -4.75. The number of benzene rings is 1. The van der Waals surface area contributed by atoms with Crippen LogP contribution in [-0.2, 0) is 39.8 Å². The number of carboxylic acids is 1. The summed E-state index contributed by atoms with van der Waals surface area (Å²) >= 11 is 0. The Hall–Kier alpha value is -4.09. The molecule has 48 heavy (non-hydrogen) atoms. The SMILES string of the molecule is CC(C)C[C@H](NC(=O)[C@@H](N)Cc1ccc(OP(=O)(O)O)cc1)C(=O)N1CCC[C@H]1C(=O)N[C@@H](CCC(N)=O)C(=O)N[C@H](C(=O)O)[C@@H](C)O. The van der Waals surface area contributed by atoms with Gasteiger partial charge in [0.05, 0.1) is 12.1 Å². The number of nitrogens with one attached hydrogen (secondary N) is 3. The highest BCUT2D eigenvalue weighted by atomic mass is 31.2. The zero-order valence-electron chi connectivity index (χ0n) is 26.9. The summed E-state index contributed by atoms with van der Waals surface area (Å²) < 4.78 is 15.5. The van der Waals surface area contributed by atoms with Crippen LogP contribution in [-0.4, -0.2) is 103 Å². The van der Waals surface area contributed by atoms with E-state index in [1.165, 1.54) is 29.2 Å². The molecule has 0 bridgehead atoms. The fraction of sp³-hybridized carbons (Fsp3) is 0.586. The molecule has 0 aromatic heterocycles. The molecular formula is C29H45N6O12P. The zero-order chi connectivity index (χ0) is 36.3. The van der Waals surface area contributed by atoms with Gasteiger partial charge in [0.2, 0.25) is 29.5 Å². The number of hydrogen-bond acceptors (Lipinski definition) is 10. The van der Waals surface area contributed by atoms with Gasteiger partial charge in [0.15, 0.2) is 6.04 Å². The van der Waals surface area contributed by atoms with Gasteiger partial charge in [0.25, 0.3) is 0 Å². The van der Waals surface area contributed by atoms with Crippen molar-refractivity contribution in [2.24, 2.45) is 17.4 Å². The van der Waals surface area contributed by atoms with E-state index in [-0.39, 0.29) is 50.3 Å². The predicted octanol–water partition coefficient (Wildman–Crippen LogP) is -1.75. The highest BCUT2D eigenvalue weighted by Crippen LogP contribution is 2.37. The first kappa shape index (κ1) is 40.1. The third-order valence-corrected chi connectivity index (χ3v) is 7.91. The van der Waals surface area contributed by atoms with Crippen molar-refractivity contribution in [1.29, 1.82) is 0 Å². The number of carboxylic acid groups (broad SMARTS) is 1. The lowest BCUT2D eigenvalue weighted by atomic mass is 10.0. The van der Waals surface area contributed by atoms with E-state index >= 15 is 0 Å². The Morgan fingerprint density at radius 2 is 1.62 bits per heavy atom. The molecule has 2 rings (SSSR count). The van der Waals surface area contributed by atoms with Crippen molar-refractivity contribution >= 4 is 43.3 Å². The fourth-order valence-electron chi connectivity index (χ4n) is 5.11.